The predicted octanol–water partition coefficient (Wildman–Crippen LogP) is 3.47. The van der Waals surface area contributed by atoms with E-state index in [1.165, 1.54) is 30.3 Å². The molecule has 1 heterocycles. The lowest BCUT2D eigenvalue weighted by molar-refractivity contribution is 0.627. The van der Waals surface area contributed by atoms with Gasteiger partial charge in [-0.3, -0.25) is 0 Å². The minimum absolute atomic E-state index is 0.244. The van der Waals surface area contributed by atoms with Crippen LogP contribution in [0.25, 0.3) is 22.3 Å². The van der Waals surface area contributed by atoms with Crippen molar-refractivity contribution >= 4 is 16.7 Å². The highest BCUT2D eigenvalue weighted by Crippen LogP contribution is 2.26. The molecule has 0 unspecified atom stereocenters. The molecule has 0 fully saturated rings. The lowest BCUT2D eigenvalue weighted by Gasteiger charge is -2.08. The Morgan fingerprint density at radius 1 is 0.950 bits per heavy atom. The third-order valence-electron chi connectivity index (χ3n) is 3.13. The number of nitrogens with zero attached hydrogens (tertiary/aromatic N) is 2. The van der Waals surface area contributed by atoms with Gasteiger partial charge in [0.05, 0.1) is 5.52 Å². The highest BCUT2D eigenvalue weighted by atomic mass is 19.1. The third-order valence-corrected chi connectivity index (χ3v) is 3.13. The van der Waals surface area contributed by atoms with Crippen LogP contribution < -0.4 is 5.73 Å². The molecule has 3 rings (SSSR count). The molecule has 0 aliphatic carbocycles. The molecule has 0 saturated carbocycles. The number of fused-ring (bicyclic) bond motifs is 1. The second-order valence-electron chi connectivity index (χ2n) is 4.55. The fraction of sp³-hybridized carbons (Fsp3) is 0.0667. The number of rotatable bonds is 1. The van der Waals surface area contributed by atoms with Crippen LogP contribution in [0.3, 0.4) is 0 Å². The highest BCUT2D eigenvalue weighted by Gasteiger charge is 2.11. The van der Waals surface area contributed by atoms with Crippen LogP contribution in [0.15, 0.2) is 36.4 Å². The SMILES string of the molecule is Cc1ccc(F)cc1-c1nc(N)c2ccc(F)cc2n1. The van der Waals surface area contributed by atoms with Crippen molar-refractivity contribution in [1.29, 1.82) is 0 Å². The summed E-state index contributed by atoms with van der Waals surface area (Å²) in [6.07, 6.45) is 0. The van der Waals surface area contributed by atoms with Gasteiger partial charge in [-0.25, -0.2) is 18.7 Å². The van der Waals surface area contributed by atoms with Gasteiger partial charge >= 0.3 is 0 Å². The van der Waals surface area contributed by atoms with E-state index in [-0.39, 0.29) is 17.5 Å². The van der Waals surface area contributed by atoms with Crippen molar-refractivity contribution in [3.8, 4) is 11.4 Å². The van der Waals surface area contributed by atoms with E-state index >= 15 is 0 Å². The molecule has 0 saturated heterocycles. The van der Waals surface area contributed by atoms with Crippen LogP contribution in [0.4, 0.5) is 14.6 Å². The van der Waals surface area contributed by atoms with Crippen molar-refractivity contribution in [2.75, 3.05) is 5.73 Å². The third kappa shape index (κ3) is 2.07. The molecule has 100 valence electrons. The summed E-state index contributed by atoms with van der Waals surface area (Å²) in [5.41, 5.74) is 7.63. The van der Waals surface area contributed by atoms with Crippen molar-refractivity contribution in [1.82, 2.24) is 9.97 Å². The van der Waals surface area contributed by atoms with E-state index in [9.17, 15) is 8.78 Å². The van der Waals surface area contributed by atoms with Crippen LogP contribution >= 0.6 is 0 Å². The average Bonchev–Trinajstić information content (AvgIpc) is 2.41. The van der Waals surface area contributed by atoms with E-state index in [0.717, 1.165) is 5.56 Å². The molecule has 0 radical (unpaired) electrons. The van der Waals surface area contributed by atoms with E-state index in [2.05, 4.69) is 9.97 Å². The van der Waals surface area contributed by atoms with Gasteiger partial charge in [-0.2, -0.15) is 0 Å². The Bertz CT molecular complexity index is 816. The van der Waals surface area contributed by atoms with Gasteiger partial charge in [0.2, 0.25) is 0 Å². The summed E-state index contributed by atoms with van der Waals surface area (Å²) in [7, 11) is 0. The summed E-state index contributed by atoms with van der Waals surface area (Å²) in [6.45, 7) is 1.82. The van der Waals surface area contributed by atoms with E-state index < -0.39 is 5.82 Å². The van der Waals surface area contributed by atoms with E-state index in [4.69, 9.17) is 5.73 Å². The number of anilines is 1. The number of hydrogen-bond donors (Lipinski definition) is 1. The van der Waals surface area contributed by atoms with Gasteiger partial charge in [-0.15, -0.1) is 0 Å². The molecule has 2 N–H and O–H groups in total. The van der Waals surface area contributed by atoms with Crippen molar-refractivity contribution in [2.45, 2.75) is 6.92 Å². The largest absolute Gasteiger partial charge is 0.383 e. The number of aromatic nitrogens is 2. The second kappa shape index (κ2) is 4.52. The molecule has 3 nitrogen and oxygen atoms in total. The zero-order valence-electron chi connectivity index (χ0n) is 10.7. The van der Waals surface area contributed by atoms with Crippen LogP contribution in [-0.4, -0.2) is 9.97 Å². The Balaban J connectivity index is 2.29. The molecule has 0 aliphatic heterocycles. The second-order valence-corrected chi connectivity index (χ2v) is 4.55. The maximum absolute atomic E-state index is 13.4. The van der Waals surface area contributed by atoms with Crippen LogP contribution in [0, 0.1) is 18.6 Å². The Kier molecular flexibility index (Phi) is 2.82. The zero-order chi connectivity index (χ0) is 14.3. The molecule has 20 heavy (non-hydrogen) atoms. The fourth-order valence-electron chi connectivity index (χ4n) is 2.08. The molecular weight excluding hydrogens is 260 g/mol. The minimum Gasteiger partial charge on any atom is -0.383 e. The number of nitrogen functional groups attached to an aromatic ring is 1. The normalized spacial score (nSPS) is 10.9. The molecule has 5 heteroatoms. The Labute approximate surface area is 114 Å². The minimum atomic E-state index is -0.405. The smallest absolute Gasteiger partial charge is 0.162 e. The van der Waals surface area contributed by atoms with Crippen molar-refractivity contribution in [2.24, 2.45) is 0 Å². The van der Waals surface area contributed by atoms with Crippen LogP contribution in [-0.2, 0) is 0 Å². The van der Waals surface area contributed by atoms with Crippen LogP contribution in [0.5, 0.6) is 0 Å². The topological polar surface area (TPSA) is 51.8 Å². The first-order chi connectivity index (χ1) is 9.54. The summed E-state index contributed by atoms with van der Waals surface area (Å²) in [6, 6.07) is 8.46. The van der Waals surface area contributed by atoms with Gasteiger partial charge in [0.15, 0.2) is 5.82 Å². The van der Waals surface area contributed by atoms with Crippen molar-refractivity contribution in [3.05, 3.63) is 53.6 Å². The molecule has 0 aliphatic rings. The summed E-state index contributed by atoms with van der Waals surface area (Å²) >= 11 is 0. The summed E-state index contributed by atoms with van der Waals surface area (Å²) in [4.78, 5) is 8.45. The van der Waals surface area contributed by atoms with Gasteiger partial charge < -0.3 is 5.73 Å². The van der Waals surface area contributed by atoms with Gasteiger partial charge in [0.25, 0.3) is 0 Å². The van der Waals surface area contributed by atoms with Crippen molar-refractivity contribution in [3.63, 3.8) is 0 Å². The number of halogens is 2. The number of nitrogens with two attached hydrogens (primary N) is 1. The molecule has 1 aromatic heterocycles. The van der Waals surface area contributed by atoms with E-state index in [1.807, 2.05) is 6.92 Å². The number of hydrogen-bond acceptors (Lipinski definition) is 3. The molecular formula is C15H11F2N3. The Hall–Kier alpha value is -2.56. The maximum atomic E-state index is 13.4. The van der Waals surface area contributed by atoms with E-state index in [1.54, 1.807) is 6.07 Å². The first-order valence-electron chi connectivity index (χ1n) is 6.04. The fourth-order valence-corrected chi connectivity index (χ4v) is 2.08. The van der Waals surface area contributed by atoms with E-state index in [0.29, 0.717) is 16.5 Å². The monoisotopic (exact) mass is 271 g/mol. The van der Waals surface area contributed by atoms with Crippen molar-refractivity contribution < 1.29 is 8.78 Å². The molecule has 0 spiro atoms. The highest BCUT2D eigenvalue weighted by molar-refractivity contribution is 5.89. The quantitative estimate of drug-likeness (QED) is 0.737. The lowest BCUT2D eigenvalue weighted by atomic mass is 10.1. The maximum Gasteiger partial charge on any atom is 0.162 e. The first-order valence-corrected chi connectivity index (χ1v) is 6.04. The Morgan fingerprint density at radius 2 is 1.65 bits per heavy atom. The van der Waals surface area contributed by atoms with Gasteiger partial charge in [0.1, 0.15) is 17.5 Å². The molecule has 0 atom stereocenters. The van der Waals surface area contributed by atoms with Crippen LogP contribution in [0.2, 0.25) is 0 Å². The summed E-state index contributed by atoms with van der Waals surface area (Å²) in [5, 5.41) is 0.573. The number of aryl methyl sites for hydroxylation is 1. The summed E-state index contributed by atoms with van der Waals surface area (Å²) in [5.74, 6) is -0.254. The van der Waals surface area contributed by atoms with Gasteiger partial charge in [-0.05, 0) is 36.8 Å². The standard InChI is InChI=1S/C15H11F2N3/c1-8-2-3-9(16)6-12(8)15-19-13-7-10(17)4-5-11(13)14(18)20-15/h2-7H,1H3,(H2,18,19,20). The molecule has 0 bridgehead atoms. The van der Waals surface area contributed by atoms with Gasteiger partial charge in [0, 0.05) is 17.0 Å². The molecule has 2 aromatic carbocycles. The number of benzene rings is 2. The first kappa shape index (κ1) is 12.5. The molecule has 0 amide bonds. The molecule has 3 aromatic rings. The average molecular weight is 271 g/mol. The summed E-state index contributed by atoms with van der Waals surface area (Å²) < 4.78 is 26.6. The van der Waals surface area contributed by atoms with Crippen LogP contribution in [0.1, 0.15) is 5.56 Å². The Morgan fingerprint density at radius 3 is 2.45 bits per heavy atom. The zero-order valence-corrected chi connectivity index (χ0v) is 10.7. The predicted molar refractivity (Wildman–Crippen MR) is 74.0 cm³/mol. The van der Waals surface area contributed by atoms with Gasteiger partial charge in [-0.1, -0.05) is 6.07 Å². The lowest BCUT2D eigenvalue weighted by Crippen LogP contribution is -1.99.